The van der Waals surface area contributed by atoms with Crippen molar-refractivity contribution >= 4 is 11.8 Å². The number of phenolic OH excluding ortho intramolecular Hbond substituents is 1. The van der Waals surface area contributed by atoms with Crippen molar-refractivity contribution in [3.63, 3.8) is 0 Å². The number of fused-ring (bicyclic) bond motifs is 1. The topological polar surface area (TPSA) is 43.7 Å². The molecule has 4 heteroatoms. The minimum absolute atomic E-state index is 0.0652. The zero-order valence-electron chi connectivity index (χ0n) is 13.6. The highest BCUT2D eigenvalue weighted by atomic mass is 32.2. The van der Waals surface area contributed by atoms with E-state index in [0.717, 1.165) is 34.7 Å². The third kappa shape index (κ3) is 3.11. The first-order valence-corrected chi connectivity index (χ1v) is 8.89. The molecule has 0 saturated carbocycles. The van der Waals surface area contributed by atoms with Crippen molar-refractivity contribution in [1.82, 2.24) is 4.90 Å². The van der Waals surface area contributed by atoms with Crippen LogP contribution < -0.4 is 0 Å². The highest BCUT2D eigenvalue weighted by Gasteiger charge is 2.43. The van der Waals surface area contributed by atoms with Crippen molar-refractivity contribution in [2.24, 2.45) is 5.92 Å². The lowest BCUT2D eigenvalue weighted by Crippen LogP contribution is -2.41. The molecule has 2 aromatic rings. The second kappa shape index (κ2) is 6.56. The minimum Gasteiger partial charge on any atom is -0.508 e. The fourth-order valence-corrected chi connectivity index (χ4v) is 4.62. The van der Waals surface area contributed by atoms with Crippen LogP contribution in [0.1, 0.15) is 17.5 Å². The van der Waals surface area contributed by atoms with Crippen LogP contribution in [0.15, 0.2) is 53.4 Å². The van der Waals surface area contributed by atoms with Gasteiger partial charge in [-0.3, -0.25) is 0 Å². The molecule has 0 saturated heterocycles. The number of hydrogen-bond donors (Lipinski definition) is 2. The number of aliphatic hydroxyl groups is 1. The zero-order chi connectivity index (χ0) is 16.4. The molecule has 0 aliphatic carbocycles. The molecule has 0 radical (unpaired) electrons. The average molecular weight is 329 g/mol. The van der Waals surface area contributed by atoms with Crippen molar-refractivity contribution in [3.05, 3.63) is 59.7 Å². The summed E-state index contributed by atoms with van der Waals surface area (Å²) in [5.74, 6) is 1.24. The largest absolute Gasteiger partial charge is 0.508 e. The Morgan fingerprint density at radius 2 is 1.96 bits per heavy atom. The fraction of sp³-hybridized carbons (Fsp3) is 0.368. The second-order valence-corrected chi connectivity index (χ2v) is 7.55. The van der Waals surface area contributed by atoms with Crippen molar-refractivity contribution in [1.29, 1.82) is 0 Å². The lowest BCUT2D eigenvalue weighted by atomic mass is 9.74. The van der Waals surface area contributed by atoms with Gasteiger partial charge in [-0.15, -0.1) is 11.8 Å². The van der Waals surface area contributed by atoms with Crippen LogP contribution in [0.2, 0.25) is 0 Å². The number of rotatable bonds is 3. The van der Waals surface area contributed by atoms with E-state index in [9.17, 15) is 10.2 Å². The van der Waals surface area contributed by atoms with Gasteiger partial charge in [0.1, 0.15) is 11.4 Å². The van der Waals surface area contributed by atoms with Crippen molar-refractivity contribution in [2.45, 2.75) is 16.9 Å². The SMILES string of the molecule is CN(C)CC1CCSc2ccccc2C1(O)c1cccc(O)c1. The Morgan fingerprint density at radius 3 is 2.70 bits per heavy atom. The van der Waals surface area contributed by atoms with E-state index in [-0.39, 0.29) is 11.7 Å². The molecule has 2 aromatic carbocycles. The summed E-state index contributed by atoms with van der Waals surface area (Å²) in [6, 6.07) is 15.1. The minimum atomic E-state index is -1.09. The first kappa shape index (κ1) is 16.4. The molecule has 2 unspecified atom stereocenters. The number of nitrogens with zero attached hydrogens (tertiary/aromatic N) is 1. The van der Waals surface area contributed by atoms with Gasteiger partial charge < -0.3 is 15.1 Å². The molecule has 2 atom stereocenters. The Kier molecular flexibility index (Phi) is 4.67. The molecule has 1 heterocycles. The number of aromatic hydroxyl groups is 1. The average Bonchev–Trinajstić information content (AvgIpc) is 2.66. The fourth-order valence-electron chi connectivity index (χ4n) is 3.45. The maximum Gasteiger partial charge on any atom is 0.120 e. The lowest BCUT2D eigenvalue weighted by molar-refractivity contribution is 0.00251. The Bertz CT molecular complexity index is 689. The smallest absolute Gasteiger partial charge is 0.120 e. The summed E-state index contributed by atoms with van der Waals surface area (Å²) >= 11 is 1.80. The third-order valence-corrected chi connectivity index (χ3v) is 5.59. The summed E-state index contributed by atoms with van der Waals surface area (Å²) in [7, 11) is 4.07. The van der Waals surface area contributed by atoms with Crippen molar-refractivity contribution in [3.8, 4) is 5.75 Å². The standard InChI is InChI=1S/C19H23NO2S/c1-20(2)13-15-10-11-23-18-9-4-3-8-17(18)19(15,22)14-6-5-7-16(21)12-14/h3-9,12,15,21-22H,10-11,13H2,1-2H3. The molecule has 3 rings (SSSR count). The number of hydrogen-bond acceptors (Lipinski definition) is 4. The van der Waals surface area contributed by atoms with Gasteiger partial charge in [-0.2, -0.15) is 0 Å². The first-order valence-electron chi connectivity index (χ1n) is 7.90. The Hall–Kier alpha value is -1.49. The molecule has 0 bridgehead atoms. The van der Waals surface area contributed by atoms with Gasteiger partial charge in [0.15, 0.2) is 0 Å². The molecular formula is C19H23NO2S. The van der Waals surface area contributed by atoms with Gasteiger partial charge in [-0.1, -0.05) is 30.3 Å². The zero-order valence-corrected chi connectivity index (χ0v) is 14.4. The van der Waals surface area contributed by atoms with Gasteiger partial charge in [-0.25, -0.2) is 0 Å². The summed E-state index contributed by atoms with van der Waals surface area (Å²) in [5.41, 5.74) is 0.613. The van der Waals surface area contributed by atoms with E-state index in [1.165, 1.54) is 0 Å². The van der Waals surface area contributed by atoms with Gasteiger partial charge >= 0.3 is 0 Å². The second-order valence-electron chi connectivity index (χ2n) is 6.41. The molecule has 1 aliphatic heterocycles. The first-order chi connectivity index (χ1) is 11.0. The van der Waals surface area contributed by atoms with Crippen LogP contribution in [0.3, 0.4) is 0 Å². The predicted molar refractivity (Wildman–Crippen MR) is 94.9 cm³/mol. The third-order valence-electron chi connectivity index (χ3n) is 4.48. The van der Waals surface area contributed by atoms with Gasteiger partial charge in [-0.05, 0) is 50.0 Å². The van der Waals surface area contributed by atoms with Gasteiger partial charge in [0.2, 0.25) is 0 Å². The molecule has 0 aromatic heterocycles. The molecule has 23 heavy (non-hydrogen) atoms. The maximum absolute atomic E-state index is 11.9. The highest BCUT2D eigenvalue weighted by Crippen LogP contribution is 2.46. The molecule has 3 nitrogen and oxygen atoms in total. The Labute approximate surface area is 142 Å². The van der Waals surface area contributed by atoms with E-state index in [1.54, 1.807) is 30.0 Å². The molecule has 2 N–H and O–H groups in total. The predicted octanol–water partition coefficient (Wildman–Crippen LogP) is 3.30. The van der Waals surface area contributed by atoms with E-state index in [4.69, 9.17) is 0 Å². The van der Waals surface area contributed by atoms with E-state index >= 15 is 0 Å². The van der Waals surface area contributed by atoms with Crippen LogP contribution in [-0.2, 0) is 5.60 Å². The number of benzene rings is 2. The molecule has 0 fully saturated rings. The van der Waals surface area contributed by atoms with E-state index in [2.05, 4.69) is 11.0 Å². The van der Waals surface area contributed by atoms with Gasteiger partial charge in [0.05, 0.1) is 0 Å². The lowest BCUT2D eigenvalue weighted by Gasteiger charge is -2.38. The number of thioether (sulfide) groups is 1. The summed E-state index contributed by atoms with van der Waals surface area (Å²) in [6.45, 7) is 0.793. The monoisotopic (exact) mass is 329 g/mol. The van der Waals surface area contributed by atoms with Crippen LogP contribution in [-0.4, -0.2) is 41.5 Å². The normalized spacial score (nSPS) is 24.3. The maximum atomic E-state index is 11.9. The summed E-state index contributed by atoms with van der Waals surface area (Å²) < 4.78 is 0. The van der Waals surface area contributed by atoms with Crippen molar-refractivity contribution in [2.75, 3.05) is 26.4 Å². The summed E-state index contributed by atoms with van der Waals surface area (Å²) in [5, 5.41) is 21.8. The molecule has 0 amide bonds. The summed E-state index contributed by atoms with van der Waals surface area (Å²) in [6.07, 6.45) is 0.920. The molecule has 122 valence electrons. The number of phenols is 1. The Morgan fingerprint density at radius 1 is 1.17 bits per heavy atom. The van der Waals surface area contributed by atoms with Crippen LogP contribution in [0.5, 0.6) is 5.75 Å². The summed E-state index contributed by atoms with van der Waals surface area (Å²) in [4.78, 5) is 3.25. The van der Waals surface area contributed by atoms with E-state index in [1.807, 2.05) is 38.4 Å². The van der Waals surface area contributed by atoms with Gasteiger partial charge in [0.25, 0.3) is 0 Å². The molecule has 0 spiro atoms. The van der Waals surface area contributed by atoms with Crippen LogP contribution in [0, 0.1) is 5.92 Å². The van der Waals surface area contributed by atoms with E-state index in [0.29, 0.717) is 0 Å². The Balaban J connectivity index is 2.19. The highest BCUT2D eigenvalue weighted by molar-refractivity contribution is 7.99. The van der Waals surface area contributed by atoms with Crippen molar-refractivity contribution < 1.29 is 10.2 Å². The van der Waals surface area contributed by atoms with Crippen LogP contribution in [0.25, 0.3) is 0 Å². The van der Waals surface area contributed by atoms with Gasteiger partial charge in [0, 0.05) is 22.9 Å². The van der Waals surface area contributed by atoms with E-state index < -0.39 is 5.60 Å². The molecule has 1 aliphatic rings. The van der Waals surface area contributed by atoms with Crippen LogP contribution >= 0.6 is 11.8 Å². The van der Waals surface area contributed by atoms with Crippen LogP contribution in [0.4, 0.5) is 0 Å². The quantitative estimate of drug-likeness (QED) is 0.907. The molecular weight excluding hydrogens is 306 g/mol.